The predicted octanol–water partition coefficient (Wildman–Crippen LogP) is 9.04. The van der Waals surface area contributed by atoms with E-state index in [1.54, 1.807) is 66.7 Å². The average Bonchev–Trinajstić information content (AvgIpc) is 3.28. The highest BCUT2D eigenvalue weighted by Crippen LogP contribution is 2.38. The monoisotopic (exact) mass is 863 g/mol. The Morgan fingerprint density at radius 2 is 1.56 bits per heavy atom. The maximum atomic E-state index is 14.2. The van der Waals surface area contributed by atoms with Gasteiger partial charge < -0.3 is 24.8 Å². The lowest BCUT2D eigenvalue weighted by Crippen LogP contribution is -2.56. The zero-order valence-electron chi connectivity index (χ0n) is 33.4. The number of benzene rings is 6. The number of fused-ring (bicyclic) bond motifs is 2. The quantitative estimate of drug-likeness (QED) is 0.131. The molecule has 0 aromatic heterocycles. The number of nitrogens with zero attached hydrogens (tertiary/aromatic N) is 2. The van der Waals surface area contributed by atoms with Crippen LogP contribution < -0.4 is 14.8 Å². The lowest BCUT2D eigenvalue weighted by molar-refractivity contribution is -0.142. The Labute approximate surface area is 368 Å². The van der Waals surface area contributed by atoms with E-state index in [9.17, 15) is 24.3 Å². The van der Waals surface area contributed by atoms with Crippen molar-refractivity contribution in [3.63, 3.8) is 0 Å². The molecule has 6 aromatic rings. The van der Waals surface area contributed by atoms with E-state index >= 15 is 0 Å². The largest absolute Gasteiger partial charge is 0.489 e. The number of ether oxygens (including phenoxy) is 2. The van der Waals surface area contributed by atoms with Gasteiger partial charge in [-0.1, -0.05) is 102 Å². The molecule has 0 spiro atoms. The van der Waals surface area contributed by atoms with Crippen LogP contribution in [0.4, 0.5) is 0 Å². The number of hydrogen-bond acceptors (Lipinski definition) is 7. The number of Topliss-reactive ketones (excluding diaryl/α,β-unsaturated/α-hetero) is 1. The highest BCUT2D eigenvalue weighted by atomic mass is 35.5. The topological polar surface area (TPSA) is 146 Å². The molecule has 310 valence electrons. The minimum absolute atomic E-state index is 0.00641. The van der Waals surface area contributed by atoms with Crippen LogP contribution in [-0.2, 0) is 46.8 Å². The fraction of sp³-hybridized carbons (Fsp3) is 0.180. The summed E-state index contributed by atoms with van der Waals surface area (Å²) >= 11 is 12.2. The first kappa shape index (κ1) is 41.8. The van der Waals surface area contributed by atoms with E-state index in [0.717, 1.165) is 33.4 Å². The van der Waals surface area contributed by atoms with Gasteiger partial charge in [-0.3, -0.25) is 14.4 Å². The molecule has 0 aliphatic carbocycles. The molecule has 2 aliphatic rings. The number of carbonyl (C=O) groups is 4. The number of carbonyl (C=O) groups excluding carboxylic acids is 3. The van der Waals surface area contributed by atoms with Gasteiger partial charge in [0, 0.05) is 42.5 Å². The Morgan fingerprint density at radius 3 is 2.24 bits per heavy atom. The van der Waals surface area contributed by atoms with Crippen molar-refractivity contribution in [2.75, 3.05) is 0 Å². The van der Waals surface area contributed by atoms with Crippen LogP contribution >= 0.6 is 23.2 Å². The van der Waals surface area contributed by atoms with Crippen molar-refractivity contribution in [1.82, 2.24) is 10.2 Å². The van der Waals surface area contributed by atoms with Crippen LogP contribution in [0.2, 0.25) is 10.0 Å². The second-order valence-electron chi connectivity index (χ2n) is 15.5. The van der Waals surface area contributed by atoms with E-state index in [0.29, 0.717) is 49.4 Å². The summed E-state index contributed by atoms with van der Waals surface area (Å²) in [4.78, 5) is 56.1. The van der Waals surface area contributed by atoms with Crippen molar-refractivity contribution in [3.8, 4) is 28.7 Å². The molecule has 0 fully saturated rings. The molecule has 62 heavy (non-hydrogen) atoms. The molecule has 2 amide bonds. The van der Waals surface area contributed by atoms with Crippen LogP contribution in [0.25, 0.3) is 11.1 Å². The molecule has 3 atom stereocenters. The zero-order valence-corrected chi connectivity index (χ0v) is 35.0. The van der Waals surface area contributed by atoms with Crippen molar-refractivity contribution >= 4 is 46.8 Å². The molecule has 1 unspecified atom stereocenters. The first-order valence-electron chi connectivity index (χ1n) is 19.9. The summed E-state index contributed by atoms with van der Waals surface area (Å²) in [5.74, 6) is -1.23. The lowest BCUT2D eigenvalue weighted by atomic mass is 9.87. The fourth-order valence-electron chi connectivity index (χ4n) is 7.84. The molecule has 12 heteroatoms. The van der Waals surface area contributed by atoms with E-state index in [1.807, 2.05) is 67.6 Å². The van der Waals surface area contributed by atoms with Gasteiger partial charge >= 0.3 is 5.97 Å². The first-order chi connectivity index (χ1) is 29.9. The van der Waals surface area contributed by atoms with Gasteiger partial charge in [-0.05, 0) is 94.9 Å². The number of nitriles is 1. The number of rotatable bonds is 11. The van der Waals surface area contributed by atoms with Gasteiger partial charge in [-0.25, -0.2) is 4.79 Å². The number of aryl methyl sites for hydroxylation is 1. The Balaban J connectivity index is 1.00. The Kier molecular flexibility index (Phi) is 12.1. The molecule has 10 nitrogen and oxygen atoms in total. The molecule has 0 saturated heterocycles. The molecular formula is C50H39Cl2N3O7. The second-order valence-corrected chi connectivity index (χ2v) is 16.3. The van der Waals surface area contributed by atoms with E-state index in [-0.39, 0.29) is 44.1 Å². The van der Waals surface area contributed by atoms with Crippen LogP contribution in [0.15, 0.2) is 127 Å². The highest BCUT2D eigenvalue weighted by Gasteiger charge is 2.39. The maximum Gasteiger partial charge on any atom is 0.326 e. The van der Waals surface area contributed by atoms with Crippen molar-refractivity contribution in [3.05, 3.63) is 188 Å². The maximum absolute atomic E-state index is 14.2. The molecule has 0 bridgehead atoms. The highest BCUT2D eigenvalue weighted by molar-refractivity contribution is 6.42. The van der Waals surface area contributed by atoms with Gasteiger partial charge in [-0.2, -0.15) is 5.26 Å². The third-order valence-corrected chi connectivity index (χ3v) is 11.9. The standard InChI is InChI=1S/C50H39Cl2N3O7/c1-29-3-2-4-36(19-29)49(58)55-27-39-25-46-38(24-45(56)47(62-46)35-14-16-40(17-15-35)61-28-32-9-18-41(51)42(52)20-32)22-37(39)23-44(55)48(57)54-43(50(59)60)21-30-5-10-33(11-6-30)34-12-7-31(26-53)8-13-34/h2-20,22,25,43-44,47H,21,23-24,27-28H2,1H3,(H,54,57)(H,59,60)/t43-,44-,47?/m0/s1. The summed E-state index contributed by atoms with van der Waals surface area (Å²) in [5.41, 5.74) is 7.99. The Hall–Kier alpha value is -6.93. The number of amides is 2. The molecule has 0 saturated carbocycles. The SMILES string of the molecule is Cc1cccc(C(=O)N2Cc3cc4c(cc3C[C@H]2C(=O)N[C@@H](Cc2ccc(-c3ccc(C#N)cc3)cc2)C(=O)O)CC(=O)C(c2ccc(OCc3ccc(Cl)c(Cl)c3)cc2)O4)c1. The summed E-state index contributed by atoms with van der Waals surface area (Å²) in [6.07, 6.45) is -0.667. The van der Waals surface area contributed by atoms with E-state index in [2.05, 4.69) is 11.4 Å². The van der Waals surface area contributed by atoms with E-state index < -0.39 is 30.1 Å². The summed E-state index contributed by atoms with van der Waals surface area (Å²) in [5, 5.41) is 23.0. The minimum atomic E-state index is -1.28. The molecule has 0 radical (unpaired) electrons. The third-order valence-electron chi connectivity index (χ3n) is 11.2. The van der Waals surface area contributed by atoms with Gasteiger partial charge in [0.1, 0.15) is 30.2 Å². The normalized spacial score (nSPS) is 15.9. The number of carboxylic acid groups (broad SMARTS) is 1. The number of hydrogen-bond donors (Lipinski definition) is 2. The number of nitrogens with one attached hydrogen (secondary N) is 1. The summed E-state index contributed by atoms with van der Waals surface area (Å²) in [6, 6.07) is 37.5. The van der Waals surface area contributed by atoms with Crippen molar-refractivity contribution < 1.29 is 33.8 Å². The summed E-state index contributed by atoms with van der Waals surface area (Å²) in [6.45, 7) is 2.20. The molecule has 2 N–H and O–H groups in total. The first-order valence-corrected chi connectivity index (χ1v) is 20.7. The van der Waals surface area contributed by atoms with Crippen LogP contribution in [0.1, 0.15) is 61.0 Å². The Morgan fingerprint density at radius 1 is 0.855 bits per heavy atom. The predicted molar refractivity (Wildman–Crippen MR) is 234 cm³/mol. The van der Waals surface area contributed by atoms with E-state index in [1.165, 1.54) is 4.90 Å². The smallest absolute Gasteiger partial charge is 0.326 e. The lowest BCUT2D eigenvalue weighted by Gasteiger charge is -2.37. The molecular weight excluding hydrogens is 825 g/mol. The minimum Gasteiger partial charge on any atom is -0.489 e. The number of aliphatic carboxylic acids is 1. The fourth-order valence-corrected chi connectivity index (χ4v) is 8.16. The van der Waals surface area contributed by atoms with Crippen LogP contribution in [0, 0.1) is 18.3 Å². The molecule has 2 aliphatic heterocycles. The molecule has 6 aromatic carbocycles. The third kappa shape index (κ3) is 9.20. The van der Waals surface area contributed by atoms with Crippen LogP contribution in [0.3, 0.4) is 0 Å². The van der Waals surface area contributed by atoms with Crippen LogP contribution in [-0.4, -0.2) is 45.7 Å². The number of halogens is 2. The number of ketones is 1. The second kappa shape index (κ2) is 18.0. The summed E-state index contributed by atoms with van der Waals surface area (Å²) in [7, 11) is 0. The summed E-state index contributed by atoms with van der Waals surface area (Å²) < 4.78 is 12.3. The van der Waals surface area contributed by atoms with Crippen LogP contribution in [0.5, 0.6) is 11.5 Å². The average molecular weight is 865 g/mol. The van der Waals surface area contributed by atoms with Gasteiger partial charge in [0.2, 0.25) is 5.91 Å². The van der Waals surface area contributed by atoms with Crippen molar-refractivity contribution in [2.45, 2.75) is 57.5 Å². The van der Waals surface area contributed by atoms with Gasteiger partial charge in [0.05, 0.1) is 21.7 Å². The van der Waals surface area contributed by atoms with Crippen molar-refractivity contribution in [2.24, 2.45) is 0 Å². The van der Waals surface area contributed by atoms with Gasteiger partial charge in [0.15, 0.2) is 11.9 Å². The zero-order chi connectivity index (χ0) is 43.5. The molecule has 2 heterocycles. The Bertz CT molecular complexity index is 2750. The number of carboxylic acids is 1. The van der Waals surface area contributed by atoms with Gasteiger partial charge in [-0.15, -0.1) is 0 Å². The van der Waals surface area contributed by atoms with Gasteiger partial charge in [0.25, 0.3) is 5.91 Å². The van der Waals surface area contributed by atoms with Crippen molar-refractivity contribution in [1.29, 1.82) is 5.26 Å². The van der Waals surface area contributed by atoms with E-state index in [4.69, 9.17) is 37.9 Å². The molecule has 8 rings (SSSR count).